The third kappa shape index (κ3) is 3.94. The lowest BCUT2D eigenvalue weighted by molar-refractivity contribution is 0.393. The Kier molecular flexibility index (Phi) is 5.82. The third-order valence-electron chi connectivity index (χ3n) is 3.10. The van der Waals surface area contributed by atoms with Gasteiger partial charge in [0.2, 0.25) is 10.0 Å². The van der Waals surface area contributed by atoms with Crippen molar-refractivity contribution in [2.75, 3.05) is 20.7 Å². The fourth-order valence-electron chi connectivity index (χ4n) is 1.65. The fraction of sp³-hybridized carbons (Fsp3) is 0.538. The van der Waals surface area contributed by atoms with Crippen molar-refractivity contribution >= 4 is 26.0 Å². The third-order valence-corrected chi connectivity index (χ3v) is 5.54. The molecule has 0 bridgehead atoms. The van der Waals surface area contributed by atoms with E-state index in [1.54, 1.807) is 32.4 Å². The van der Waals surface area contributed by atoms with Crippen LogP contribution in [-0.2, 0) is 10.0 Å². The van der Waals surface area contributed by atoms with Crippen LogP contribution >= 0.6 is 15.9 Å². The minimum Gasteiger partial charge on any atom is -0.496 e. The molecule has 1 rings (SSSR count). The van der Waals surface area contributed by atoms with Gasteiger partial charge in [0.15, 0.2) is 0 Å². The monoisotopic (exact) mass is 349 g/mol. The normalized spacial score (nSPS) is 13.6. The molecule has 1 aromatic carbocycles. The molecule has 0 fully saturated rings. The first kappa shape index (κ1) is 16.5. The molecule has 108 valence electrons. The van der Waals surface area contributed by atoms with Crippen LogP contribution in [0.5, 0.6) is 5.75 Å². The van der Waals surface area contributed by atoms with Crippen LogP contribution in [-0.4, -0.2) is 33.4 Å². The van der Waals surface area contributed by atoms with Crippen molar-refractivity contribution in [1.82, 2.24) is 4.31 Å². The highest BCUT2D eigenvalue weighted by atomic mass is 79.9. The lowest BCUT2D eigenvalue weighted by atomic mass is 10.1. The van der Waals surface area contributed by atoms with E-state index in [1.807, 2.05) is 6.92 Å². The standard InChI is InChI=1S/C13H20BrNO3S/c1-5-10(2)9-15(3)19(16,17)11-6-7-13(18-4)12(14)8-11/h6-8,10H,5,9H2,1-4H3. The number of methoxy groups -OCH3 is 1. The number of hydrogen-bond acceptors (Lipinski definition) is 3. The summed E-state index contributed by atoms with van der Waals surface area (Å²) in [6, 6.07) is 4.78. The number of halogens is 1. The summed E-state index contributed by atoms with van der Waals surface area (Å²) in [5.74, 6) is 0.949. The first-order valence-corrected chi connectivity index (χ1v) is 8.36. The Morgan fingerprint density at radius 1 is 1.42 bits per heavy atom. The van der Waals surface area contributed by atoms with E-state index in [9.17, 15) is 8.42 Å². The van der Waals surface area contributed by atoms with Crippen molar-refractivity contribution < 1.29 is 13.2 Å². The summed E-state index contributed by atoms with van der Waals surface area (Å²) in [5, 5.41) is 0. The Morgan fingerprint density at radius 3 is 2.53 bits per heavy atom. The van der Waals surface area contributed by atoms with E-state index >= 15 is 0 Å². The lowest BCUT2D eigenvalue weighted by Crippen LogP contribution is -2.31. The average molecular weight is 350 g/mol. The summed E-state index contributed by atoms with van der Waals surface area (Å²) < 4.78 is 31.9. The summed E-state index contributed by atoms with van der Waals surface area (Å²) in [7, 11) is -0.288. The predicted octanol–water partition coefficient (Wildman–Crippen LogP) is 3.12. The maximum Gasteiger partial charge on any atom is 0.242 e. The summed E-state index contributed by atoms with van der Waals surface area (Å²) in [6.07, 6.45) is 0.951. The Bertz CT molecular complexity index is 531. The zero-order chi connectivity index (χ0) is 14.6. The largest absolute Gasteiger partial charge is 0.496 e. The summed E-state index contributed by atoms with van der Waals surface area (Å²) in [5.41, 5.74) is 0. The number of benzene rings is 1. The molecule has 0 spiro atoms. The van der Waals surface area contributed by atoms with E-state index in [0.29, 0.717) is 22.7 Å². The number of hydrogen-bond donors (Lipinski definition) is 0. The highest BCUT2D eigenvalue weighted by molar-refractivity contribution is 9.10. The van der Waals surface area contributed by atoms with Crippen molar-refractivity contribution in [3.63, 3.8) is 0 Å². The molecule has 0 saturated heterocycles. The quantitative estimate of drug-likeness (QED) is 0.792. The van der Waals surface area contributed by atoms with Gasteiger partial charge < -0.3 is 4.74 Å². The zero-order valence-corrected chi connectivity index (χ0v) is 14.1. The van der Waals surface area contributed by atoms with Gasteiger partial charge in [0.1, 0.15) is 5.75 Å². The molecule has 1 unspecified atom stereocenters. The van der Waals surface area contributed by atoms with E-state index in [0.717, 1.165) is 6.42 Å². The molecule has 0 radical (unpaired) electrons. The van der Waals surface area contributed by atoms with Crippen LogP contribution in [0.15, 0.2) is 27.6 Å². The second-order valence-electron chi connectivity index (χ2n) is 4.60. The van der Waals surface area contributed by atoms with Gasteiger partial charge in [0, 0.05) is 13.6 Å². The molecular formula is C13H20BrNO3S. The van der Waals surface area contributed by atoms with Crippen molar-refractivity contribution in [3.05, 3.63) is 22.7 Å². The van der Waals surface area contributed by atoms with Crippen LogP contribution in [0.25, 0.3) is 0 Å². The first-order valence-electron chi connectivity index (χ1n) is 6.12. The maximum absolute atomic E-state index is 12.4. The highest BCUT2D eigenvalue weighted by Crippen LogP contribution is 2.28. The fourth-order valence-corrected chi connectivity index (χ4v) is 3.66. The molecule has 19 heavy (non-hydrogen) atoms. The van der Waals surface area contributed by atoms with Gasteiger partial charge in [-0.15, -0.1) is 0 Å². The molecule has 0 amide bonds. The minimum absolute atomic E-state index is 0.269. The number of nitrogens with zero attached hydrogens (tertiary/aromatic N) is 1. The van der Waals surface area contributed by atoms with Gasteiger partial charge in [-0.3, -0.25) is 0 Å². The molecular weight excluding hydrogens is 330 g/mol. The molecule has 6 heteroatoms. The SMILES string of the molecule is CCC(C)CN(C)S(=O)(=O)c1ccc(OC)c(Br)c1. The van der Waals surface area contributed by atoms with Gasteiger partial charge in [0.25, 0.3) is 0 Å². The van der Waals surface area contributed by atoms with Gasteiger partial charge in [0.05, 0.1) is 16.5 Å². The molecule has 0 aromatic heterocycles. The molecule has 0 aliphatic rings. The van der Waals surface area contributed by atoms with Gasteiger partial charge in [-0.1, -0.05) is 20.3 Å². The topological polar surface area (TPSA) is 46.6 Å². The first-order chi connectivity index (χ1) is 8.82. The summed E-state index contributed by atoms with van der Waals surface area (Å²) in [6.45, 7) is 4.60. The average Bonchev–Trinajstić information content (AvgIpc) is 2.38. The van der Waals surface area contributed by atoms with Crippen LogP contribution in [0.2, 0.25) is 0 Å². The molecule has 0 heterocycles. The van der Waals surface area contributed by atoms with Crippen LogP contribution in [0.4, 0.5) is 0 Å². The minimum atomic E-state index is -3.44. The predicted molar refractivity (Wildman–Crippen MR) is 80.0 cm³/mol. The Labute approximate surface area is 123 Å². The highest BCUT2D eigenvalue weighted by Gasteiger charge is 2.22. The lowest BCUT2D eigenvalue weighted by Gasteiger charge is -2.20. The van der Waals surface area contributed by atoms with Gasteiger partial charge in [-0.2, -0.15) is 0 Å². The van der Waals surface area contributed by atoms with Gasteiger partial charge in [-0.25, -0.2) is 12.7 Å². The number of rotatable bonds is 6. The van der Waals surface area contributed by atoms with E-state index in [4.69, 9.17) is 4.74 Å². The van der Waals surface area contributed by atoms with Crippen LogP contribution < -0.4 is 4.74 Å². The van der Waals surface area contributed by atoms with Crippen molar-refractivity contribution in [3.8, 4) is 5.75 Å². The van der Waals surface area contributed by atoms with Crippen LogP contribution in [0, 0.1) is 5.92 Å². The van der Waals surface area contributed by atoms with E-state index in [1.165, 1.54) is 4.31 Å². The Morgan fingerprint density at radius 2 is 2.05 bits per heavy atom. The van der Waals surface area contributed by atoms with Gasteiger partial charge in [-0.05, 0) is 40.0 Å². The van der Waals surface area contributed by atoms with Crippen LogP contribution in [0.3, 0.4) is 0 Å². The van der Waals surface area contributed by atoms with Crippen molar-refractivity contribution in [1.29, 1.82) is 0 Å². The molecule has 0 aliphatic carbocycles. The Hall–Kier alpha value is -0.590. The molecule has 0 aliphatic heterocycles. The Balaban J connectivity index is 3.03. The maximum atomic E-state index is 12.4. The molecule has 1 aromatic rings. The second kappa shape index (κ2) is 6.72. The van der Waals surface area contributed by atoms with Crippen LogP contribution in [0.1, 0.15) is 20.3 Å². The van der Waals surface area contributed by atoms with E-state index < -0.39 is 10.0 Å². The molecule has 0 saturated carbocycles. The summed E-state index contributed by atoms with van der Waals surface area (Å²) >= 11 is 3.31. The zero-order valence-electron chi connectivity index (χ0n) is 11.7. The number of sulfonamides is 1. The number of ether oxygens (including phenoxy) is 1. The summed E-state index contributed by atoms with van der Waals surface area (Å²) in [4.78, 5) is 0.269. The smallest absolute Gasteiger partial charge is 0.242 e. The molecule has 4 nitrogen and oxygen atoms in total. The van der Waals surface area contributed by atoms with Crippen molar-refractivity contribution in [2.24, 2.45) is 5.92 Å². The molecule has 0 N–H and O–H groups in total. The van der Waals surface area contributed by atoms with E-state index in [-0.39, 0.29) is 4.90 Å². The second-order valence-corrected chi connectivity index (χ2v) is 7.49. The van der Waals surface area contributed by atoms with E-state index in [2.05, 4.69) is 22.9 Å². The van der Waals surface area contributed by atoms with Gasteiger partial charge >= 0.3 is 0 Å². The van der Waals surface area contributed by atoms with Crippen molar-refractivity contribution in [2.45, 2.75) is 25.2 Å². The molecule has 1 atom stereocenters.